The van der Waals surface area contributed by atoms with Gasteiger partial charge in [0.05, 0.1) is 12.3 Å². The molecule has 1 heterocycles. The normalized spacial score (nSPS) is 9.55. The third kappa shape index (κ3) is 4.84. The van der Waals surface area contributed by atoms with Gasteiger partial charge < -0.3 is 10.1 Å². The van der Waals surface area contributed by atoms with E-state index in [2.05, 4.69) is 4.98 Å². The molecule has 0 atom stereocenters. The van der Waals surface area contributed by atoms with E-state index in [0.29, 0.717) is 5.69 Å². The largest absolute Gasteiger partial charge is 0.443 e. The molecule has 110 valence electrons. The van der Waals surface area contributed by atoms with Crippen molar-refractivity contribution in [1.29, 1.82) is 0 Å². The number of aliphatic hydroxyl groups excluding tert-OH is 1. The molecule has 22 heavy (non-hydrogen) atoms. The average molecular weight is 291 g/mol. The number of pyridine rings is 1. The Hall–Kier alpha value is -2.43. The maximum absolute atomic E-state index is 9.99. The summed E-state index contributed by atoms with van der Waals surface area (Å²) in [5.74, 6) is 0. The Bertz CT molecular complexity index is 608. The molecule has 0 bridgehead atoms. The molecular formula is C18H18BNO2. The van der Waals surface area contributed by atoms with E-state index in [1.54, 1.807) is 12.3 Å². The maximum Gasteiger partial charge on any atom is 0.358 e. The van der Waals surface area contributed by atoms with Crippen LogP contribution in [0.2, 0.25) is 0 Å². The molecule has 1 aromatic heterocycles. The highest BCUT2D eigenvalue weighted by molar-refractivity contribution is 6.78. The van der Waals surface area contributed by atoms with Crippen molar-refractivity contribution in [3.05, 3.63) is 90.8 Å². The Morgan fingerprint density at radius 2 is 1.23 bits per heavy atom. The van der Waals surface area contributed by atoms with Gasteiger partial charge in [0.25, 0.3) is 0 Å². The summed E-state index contributed by atoms with van der Waals surface area (Å²) in [4.78, 5) is 3.85. The standard InChI is InChI=1S/C12H11BO.C6H7NO/c14-13(11-7-3-1-4-8-11)12-9-5-2-6-10-12;8-5-6-3-1-2-4-7-6/h1-10,14H;1-4,8H,5H2. The number of benzene rings is 2. The summed E-state index contributed by atoms with van der Waals surface area (Å²) in [5, 5.41) is 18.5. The van der Waals surface area contributed by atoms with Gasteiger partial charge in [0.2, 0.25) is 0 Å². The van der Waals surface area contributed by atoms with Crippen LogP contribution in [0.25, 0.3) is 0 Å². The molecule has 0 aliphatic carbocycles. The smallest absolute Gasteiger partial charge is 0.358 e. The molecule has 0 saturated heterocycles. The molecule has 0 fully saturated rings. The molecule has 3 nitrogen and oxygen atoms in total. The fraction of sp³-hybridized carbons (Fsp3) is 0.0556. The molecule has 0 unspecified atom stereocenters. The molecular weight excluding hydrogens is 273 g/mol. The Morgan fingerprint density at radius 3 is 1.59 bits per heavy atom. The molecule has 0 saturated carbocycles. The molecule has 0 spiro atoms. The molecule has 4 heteroatoms. The SMILES string of the molecule is OB(c1ccccc1)c1ccccc1.OCc1ccccn1. The monoisotopic (exact) mass is 291 g/mol. The van der Waals surface area contributed by atoms with Gasteiger partial charge in [-0.05, 0) is 23.1 Å². The lowest BCUT2D eigenvalue weighted by Gasteiger charge is -2.05. The minimum absolute atomic E-state index is 0.0286. The van der Waals surface area contributed by atoms with Crippen molar-refractivity contribution >= 4 is 17.8 Å². The lowest BCUT2D eigenvalue weighted by atomic mass is 9.56. The van der Waals surface area contributed by atoms with Crippen molar-refractivity contribution in [1.82, 2.24) is 4.98 Å². The summed E-state index contributed by atoms with van der Waals surface area (Å²) in [7, 11) is 0. The van der Waals surface area contributed by atoms with Crippen LogP contribution in [0, 0.1) is 0 Å². The molecule has 0 aliphatic heterocycles. The van der Waals surface area contributed by atoms with Gasteiger partial charge in [-0.3, -0.25) is 4.98 Å². The zero-order valence-electron chi connectivity index (χ0n) is 12.2. The van der Waals surface area contributed by atoms with Crippen LogP contribution in [-0.4, -0.2) is 22.0 Å². The Morgan fingerprint density at radius 1 is 0.727 bits per heavy atom. The van der Waals surface area contributed by atoms with Crippen molar-refractivity contribution in [2.75, 3.05) is 0 Å². The maximum atomic E-state index is 9.99. The van der Waals surface area contributed by atoms with Crippen LogP contribution in [0.3, 0.4) is 0 Å². The van der Waals surface area contributed by atoms with Crippen molar-refractivity contribution in [2.24, 2.45) is 0 Å². The Kier molecular flexibility index (Phi) is 6.36. The van der Waals surface area contributed by atoms with Crippen LogP contribution < -0.4 is 10.9 Å². The van der Waals surface area contributed by atoms with Crippen molar-refractivity contribution in [2.45, 2.75) is 6.61 Å². The first kappa shape index (κ1) is 16.0. The lowest BCUT2D eigenvalue weighted by molar-refractivity contribution is 0.277. The summed E-state index contributed by atoms with van der Waals surface area (Å²) >= 11 is 0. The van der Waals surface area contributed by atoms with Gasteiger partial charge >= 0.3 is 6.92 Å². The highest BCUT2D eigenvalue weighted by atomic mass is 16.3. The van der Waals surface area contributed by atoms with Crippen LogP contribution in [0.5, 0.6) is 0 Å². The van der Waals surface area contributed by atoms with Gasteiger partial charge in [-0.25, -0.2) is 0 Å². The third-order valence-corrected chi connectivity index (χ3v) is 3.12. The second-order valence-electron chi connectivity index (χ2n) is 4.70. The van der Waals surface area contributed by atoms with Gasteiger partial charge in [-0.15, -0.1) is 0 Å². The van der Waals surface area contributed by atoms with Gasteiger partial charge in [0, 0.05) is 6.20 Å². The number of hydrogen-bond acceptors (Lipinski definition) is 3. The van der Waals surface area contributed by atoms with E-state index in [1.807, 2.05) is 72.8 Å². The average Bonchev–Trinajstić information content (AvgIpc) is 2.64. The van der Waals surface area contributed by atoms with Crippen LogP contribution in [0.4, 0.5) is 0 Å². The summed E-state index contributed by atoms with van der Waals surface area (Å²) in [6.07, 6.45) is 1.66. The number of aliphatic hydroxyl groups is 1. The van der Waals surface area contributed by atoms with Crippen LogP contribution in [0.1, 0.15) is 5.69 Å². The Balaban J connectivity index is 0.000000188. The van der Waals surface area contributed by atoms with E-state index in [0.717, 1.165) is 10.9 Å². The van der Waals surface area contributed by atoms with Crippen LogP contribution >= 0.6 is 0 Å². The minimum atomic E-state index is -0.516. The summed E-state index contributed by atoms with van der Waals surface area (Å²) in [6.45, 7) is -0.488. The minimum Gasteiger partial charge on any atom is -0.443 e. The van der Waals surface area contributed by atoms with Crippen LogP contribution in [0.15, 0.2) is 85.1 Å². The van der Waals surface area contributed by atoms with E-state index in [1.165, 1.54) is 0 Å². The highest BCUT2D eigenvalue weighted by Crippen LogP contribution is 1.90. The van der Waals surface area contributed by atoms with E-state index in [-0.39, 0.29) is 6.61 Å². The summed E-state index contributed by atoms with van der Waals surface area (Å²) in [5.41, 5.74) is 2.57. The molecule has 3 aromatic rings. The quantitative estimate of drug-likeness (QED) is 0.716. The fourth-order valence-corrected chi connectivity index (χ4v) is 1.95. The topological polar surface area (TPSA) is 53.4 Å². The number of hydrogen-bond donors (Lipinski definition) is 2. The van der Waals surface area contributed by atoms with Crippen LogP contribution in [-0.2, 0) is 6.61 Å². The number of rotatable bonds is 3. The molecule has 0 amide bonds. The van der Waals surface area contributed by atoms with Crippen molar-refractivity contribution in [3.8, 4) is 0 Å². The zero-order chi connectivity index (χ0) is 15.6. The van der Waals surface area contributed by atoms with Crippen molar-refractivity contribution < 1.29 is 10.1 Å². The van der Waals surface area contributed by atoms with Gasteiger partial charge in [0.1, 0.15) is 0 Å². The molecule has 0 aliphatic rings. The molecule has 2 aromatic carbocycles. The molecule has 2 N–H and O–H groups in total. The first-order valence-electron chi connectivity index (χ1n) is 7.10. The lowest BCUT2D eigenvalue weighted by Crippen LogP contribution is -2.41. The molecule has 0 radical (unpaired) electrons. The number of aromatic nitrogens is 1. The second kappa shape index (κ2) is 8.77. The highest BCUT2D eigenvalue weighted by Gasteiger charge is 2.14. The zero-order valence-corrected chi connectivity index (χ0v) is 12.2. The van der Waals surface area contributed by atoms with Gasteiger partial charge in [-0.2, -0.15) is 0 Å². The third-order valence-electron chi connectivity index (χ3n) is 3.12. The molecule has 3 rings (SSSR count). The summed E-state index contributed by atoms with van der Waals surface area (Å²) < 4.78 is 0. The first-order chi connectivity index (χ1) is 10.8. The van der Waals surface area contributed by atoms with E-state index < -0.39 is 6.92 Å². The van der Waals surface area contributed by atoms with E-state index in [4.69, 9.17) is 5.11 Å². The number of nitrogens with zero attached hydrogens (tertiary/aromatic N) is 1. The van der Waals surface area contributed by atoms with E-state index >= 15 is 0 Å². The summed E-state index contributed by atoms with van der Waals surface area (Å²) in [6, 6.07) is 24.8. The van der Waals surface area contributed by atoms with Gasteiger partial charge in [0.15, 0.2) is 0 Å². The first-order valence-corrected chi connectivity index (χ1v) is 7.10. The second-order valence-corrected chi connectivity index (χ2v) is 4.70. The van der Waals surface area contributed by atoms with E-state index in [9.17, 15) is 5.02 Å². The predicted molar refractivity (Wildman–Crippen MR) is 90.3 cm³/mol. The predicted octanol–water partition coefficient (Wildman–Crippen LogP) is 1.36. The Labute approximate surface area is 131 Å². The fourth-order valence-electron chi connectivity index (χ4n) is 1.95. The van der Waals surface area contributed by atoms with Gasteiger partial charge in [-0.1, -0.05) is 66.7 Å². The van der Waals surface area contributed by atoms with Crippen molar-refractivity contribution in [3.63, 3.8) is 0 Å².